The molecule has 0 atom stereocenters. The first-order valence-electron chi connectivity index (χ1n) is 13.2. The van der Waals surface area contributed by atoms with Gasteiger partial charge in [-0.3, -0.25) is 9.58 Å². The molecule has 2 aliphatic heterocycles. The van der Waals surface area contributed by atoms with Crippen molar-refractivity contribution in [1.29, 1.82) is 0 Å². The number of thioether (sulfide) groups is 1. The van der Waals surface area contributed by atoms with Crippen molar-refractivity contribution in [3.63, 3.8) is 0 Å². The van der Waals surface area contributed by atoms with E-state index in [0.717, 1.165) is 74.4 Å². The third kappa shape index (κ3) is 7.56. The number of nitrogens with zero attached hydrogens (tertiary/aromatic N) is 7. The van der Waals surface area contributed by atoms with Gasteiger partial charge in [0.15, 0.2) is 0 Å². The van der Waals surface area contributed by atoms with Crippen molar-refractivity contribution < 1.29 is 5.11 Å². The molecule has 0 saturated carbocycles. The minimum absolute atomic E-state index is 0.144. The Labute approximate surface area is 222 Å². The fourth-order valence-electron chi connectivity index (χ4n) is 4.76. The predicted octanol–water partition coefficient (Wildman–Crippen LogP) is 2.69. The Hall–Kier alpha value is -2.89. The third-order valence-electron chi connectivity index (χ3n) is 6.80. The standard InChI is InChI=1S/C26H37N9OS/c36-14-4-9-35-20-23(31-32-35)18-27-26-29-24(17-25(30-26)34-12-15-37-16-13-34)28-22-7-10-33(11-8-22)19-21-5-2-1-3-6-21/h1-3,5-6,17,20,22,36H,4,7-16,18-19H2,(H2,27,28,29,30). The van der Waals surface area contributed by atoms with Crippen LogP contribution in [0.5, 0.6) is 0 Å². The van der Waals surface area contributed by atoms with Crippen molar-refractivity contribution in [3.05, 3.63) is 53.9 Å². The monoisotopic (exact) mass is 523 g/mol. The van der Waals surface area contributed by atoms with E-state index in [1.807, 2.05) is 18.0 Å². The molecule has 2 fully saturated rings. The quantitative estimate of drug-likeness (QED) is 0.347. The molecule has 0 amide bonds. The molecule has 3 aromatic rings. The molecule has 0 aliphatic carbocycles. The summed E-state index contributed by atoms with van der Waals surface area (Å²) in [6, 6.07) is 13.2. The molecule has 198 valence electrons. The van der Waals surface area contributed by atoms with Crippen LogP contribution in [-0.4, -0.2) is 85.3 Å². The molecule has 5 rings (SSSR count). The van der Waals surface area contributed by atoms with Crippen LogP contribution in [0.4, 0.5) is 17.6 Å². The average Bonchev–Trinajstić information content (AvgIpc) is 3.41. The molecule has 2 saturated heterocycles. The number of aliphatic hydroxyl groups is 1. The lowest BCUT2D eigenvalue weighted by Gasteiger charge is -2.33. The molecule has 11 heteroatoms. The van der Waals surface area contributed by atoms with E-state index in [4.69, 9.17) is 15.1 Å². The van der Waals surface area contributed by atoms with Crippen molar-refractivity contribution in [1.82, 2.24) is 29.9 Å². The molecule has 2 aromatic heterocycles. The van der Waals surface area contributed by atoms with Gasteiger partial charge in [0.25, 0.3) is 0 Å². The van der Waals surface area contributed by atoms with Crippen LogP contribution in [0.3, 0.4) is 0 Å². The molecular formula is C26H37N9OS. The number of hydrogen-bond acceptors (Lipinski definition) is 10. The SMILES string of the molecule is OCCCn1cc(CNc2nc(NC3CCN(Cc4ccccc4)CC3)cc(N3CCSCC3)n2)nn1. The second-order valence-electron chi connectivity index (χ2n) is 9.62. The highest BCUT2D eigenvalue weighted by Crippen LogP contribution is 2.24. The second kappa shape index (κ2) is 13.1. The molecule has 0 bridgehead atoms. The summed E-state index contributed by atoms with van der Waals surface area (Å²) in [7, 11) is 0. The number of nitrogens with one attached hydrogen (secondary N) is 2. The van der Waals surface area contributed by atoms with Gasteiger partial charge in [0.05, 0.1) is 12.7 Å². The highest BCUT2D eigenvalue weighted by Gasteiger charge is 2.21. The summed E-state index contributed by atoms with van der Waals surface area (Å²) in [5.74, 6) is 4.68. The van der Waals surface area contributed by atoms with Crippen molar-refractivity contribution in [3.8, 4) is 0 Å². The van der Waals surface area contributed by atoms with Gasteiger partial charge in [-0.25, -0.2) is 0 Å². The van der Waals surface area contributed by atoms with Crippen molar-refractivity contribution in [2.75, 3.05) is 59.8 Å². The van der Waals surface area contributed by atoms with Crippen LogP contribution >= 0.6 is 11.8 Å². The molecule has 0 radical (unpaired) electrons. The van der Waals surface area contributed by atoms with Gasteiger partial charge in [-0.1, -0.05) is 35.5 Å². The van der Waals surface area contributed by atoms with Gasteiger partial charge in [-0.05, 0) is 24.8 Å². The molecule has 37 heavy (non-hydrogen) atoms. The first-order valence-corrected chi connectivity index (χ1v) is 14.4. The van der Waals surface area contributed by atoms with Gasteiger partial charge < -0.3 is 20.6 Å². The van der Waals surface area contributed by atoms with Crippen LogP contribution in [-0.2, 0) is 19.6 Å². The molecule has 2 aliphatic rings. The number of piperidine rings is 1. The first kappa shape index (κ1) is 25.7. The van der Waals surface area contributed by atoms with Gasteiger partial charge in [0.2, 0.25) is 5.95 Å². The average molecular weight is 524 g/mol. The minimum atomic E-state index is 0.144. The number of aromatic nitrogens is 5. The zero-order valence-corrected chi connectivity index (χ0v) is 22.1. The Morgan fingerprint density at radius 3 is 2.62 bits per heavy atom. The highest BCUT2D eigenvalue weighted by atomic mass is 32.2. The summed E-state index contributed by atoms with van der Waals surface area (Å²) in [6.45, 7) is 6.45. The first-order chi connectivity index (χ1) is 18.2. The van der Waals surface area contributed by atoms with Crippen LogP contribution in [0.2, 0.25) is 0 Å². The van der Waals surface area contributed by atoms with Crippen LogP contribution in [0, 0.1) is 0 Å². The Kier molecular flexibility index (Phi) is 9.09. The maximum absolute atomic E-state index is 9.03. The Bertz CT molecular complexity index is 1100. The van der Waals surface area contributed by atoms with Crippen molar-refractivity contribution in [2.24, 2.45) is 0 Å². The molecule has 4 heterocycles. The zero-order chi connectivity index (χ0) is 25.3. The molecule has 1 aromatic carbocycles. The summed E-state index contributed by atoms with van der Waals surface area (Å²) in [4.78, 5) is 14.5. The van der Waals surface area contributed by atoms with Gasteiger partial charge in [-0.15, -0.1) is 5.10 Å². The summed E-state index contributed by atoms with van der Waals surface area (Å²) in [5.41, 5.74) is 2.19. The van der Waals surface area contributed by atoms with Crippen LogP contribution in [0.15, 0.2) is 42.6 Å². The maximum Gasteiger partial charge on any atom is 0.226 e. The molecule has 3 N–H and O–H groups in total. The number of aryl methyl sites for hydroxylation is 1. The van der Waals surface area contributed by atoms with E-state index in [-0.39, 0.29) is 6.61 Å². The molecule has 0 spiro atoms. The van der Waals surface area contributed by atoms with Crippen LogP contribution < -0.4 is 15.5 Å². The number of benzene rings is 1. The van der Waals surface area contributed by atoms with E-state index in [9.17, 15) is 0 Å². The normalized spacial score (nSPS) is 17.2. The minimum Gasteiger partial charge on any atom is -0.396 e. The van der Waals surface area contributed by atoms with Gasteiger partial charge >= 0.3 is 0 Å². The highest BCUT2D eigenvalue weighted by molar-refractivity contribution is 7.99. The smallest absolute Gasteiger partial charge is 0.226 e. The number of rotatable bonds is 11. The summed E-state index contributed by atoms with van der Waals surface area (Å²) in [5, 5.41) is 24.5. The number of likely N-dealkylation sites (tertiary alicyclic amines) is 1. The summed E-state index contributed by atoms with van der Waals surface area (Å²) in [6.07, 6.45) is 4.74. The van der Waals surface area contributed by atoms with E-state index in [0.29, 0.717) is 31.5 Å². The van der Waals surface area contributed by atoms with E-state index >= 15 is 0 Å². The third-order valence-corrected chi connectivity index (χ3v) is 7.74. The van der Waals surface area contributed by atoms with Crippen molar-refractivity contribution >= 4 is 29.3 Å². The zero-order valence-electron chi connectivity index (χ0n) is 21.3. The fraction of sp³-hybridized carbons (Fsp3) is 0.538. The number of anilines is 3. The molecule has 10 nitrogen and oxygen atoms in total. The molecule has 0 unspecified atom stereocenters. The summed E-state index contributed by atoms with van der Waals surface area (Å²) < 4.78 is 1.76. The molecular weight excluding hydrogens is 486 g/mol. The topological polar surface area (TPSA) is 107 Å². The van der Waals surface area contributed by atoms with E-state index in [1.165, 1.54) is 5.56 Å². The van der Waals surface area contributed by atoms with E-state index < -0.39 is 0 Å². The number of hydrogen-bond donors (Lipinski definition) is 3. The predicted molar refractivity (Wildman–Crippen MR) is 149 cm³/mol. The Morgan fingerprint density at radius 2 is 1.84 bits per heavy atom. The fourth-order valence-corrected chi connectivity index (χ4v) is 5.66. The van der Waals surface area contributed by atoms with E-state index in [2.05, 4.69) is 67.1 Å². The maximum atomic E-state index is 9.03. The van der Waals surface area contributed by atoms with Gasteiger partial charge in [0, 0.05) is 69.5 Å². The Morgan fingerprint density at radius 1 is 1.03 bits per heavy atom. The van der Waals surface area contributed by atoms with E-state index in [1.54, 1.807) is 4.68 Å². The van der Waals surface area contributed by atoms with Crippen LogP contribution in [0.25, 0.3) is 0 Å². The summed E-state index contributed by atoms with van der Waals surface area (Å²) >= 11 is 1.99. The number of aliphatic hydroxyl groups excluding tert-OH is 1. The Balaban J connectivity index is 1.21. The van der Waals surface area contributed by atoms with Crippen LogP contribution in [0.1, 0.15) is 30.5 Å². The lowest BCUT2D eigenvalue weighted by molar-refractivity contribution is 0.211. The lowest BCUT2D eigenvalue weighted by atomic mass is 10.0. The second-order valence-corrected chi connectivity index (χ2v) is 10.8. The lowest BCUT2D eigenvalue weighted by Crippen LogP contribution is -2.39. The van der Waals surface area contributed by atoms with Gasteiger partial charge in [0.1, 0.15) is 17.3 Å². The largest absolute Gasteiger partial charge is 0.396 e. The van der Waals surface area contributed by atoms with Crippen molar-refractivity contribution in [2.45, 2.75) is 44.9 Å². The van der Waals surface area contributed by atoms with Gasteiger partial charge in [-0.2, -0.15) is 21.7 Å².